The molecule has 0 radical (unpaired) electrons. The topological polar surface area (TPSA) is 11.4 Å². The third-order valence-corrected chi connectivity index (χ3v) is 17.7. The summed E-state index contributed by atoms with van der Waals surface area (Å²) < 4.78 is 40.7. The second-order valence-corrected chi connectivity index (χ2v) is 22.4. The molecule has 0 saturated heterocycles. The lowest BCUT2D eigenvalue weighted by molar-refractivity contribution is 1.16. The summed E-state index contributed by atoms with van der Waals surface area (Å²) >= 11 is 0. The zero-order chi connectivity index (χ0) is 60.1. The molecular formula is C82H54BN3. The maximum atomic E-state index is 10.1. The summed E-state index contributed by atoms with van der Waals surface area (Å²) in [6.07, 6.45) is 0. The first-order chi connectivity index (χ1) is 44.4. The highest BCUT2D eigenvalue weighted by molar-refractivity contribution is 7.00. The van der Waals surface area contributed by atoms with E-state index in [1.807, 2.05) is 12.1 Å². The minimum atomic E-state index is -0.346. The average Bonchev–Trinajstić information content (AvgIpc) is 0.924. The van der Waals surface area contributed by atoms with Crippen molar-refractivity contribution in [2.24, 2.45) is 0 Å². The summed E-state index contributed by atoms with van der Waals surface area (Å²) in [4.78, 5) is 5.05. The second kappa shape index (κ2) is 20.3. The highest BCUT2D eigenvalue weighted by Crippen LogP contribution is 2.54. The Bertz CT molecular complexity index is 4990. The molecule has 0 amide bonds. The van der Waals surface area contributed by atoms with Crippen LogP contribution in [0.5, 0.6) is 0 Å². The molecule has 0 bridgehead atoms. The SMILES string of the molecule is [2H]c1c([2H])c([2H])c2c(c1[2H])c1c3ccccc3ccc1n2-c1cc2c3c(c1)N(c1c(-c4ccccc4)cccc1-c1ccccc1)c1ccc(-c4ccccc4)cc1B3c1cc(-c3ccccc3)ccc1N2c1c(-c2ccccc2)cccc1-c1ccccc1. The predicted molar refractivity (Wildman–Crippen MR) is 365 cm³/mol. The molecule has 15 aromatic rings. The lowest BCUT2D eigenvalue weighted by Gasteiger charge is -2.46. The van der Waals surface area contributed by atoms with Gasteiger partial charge in [0.2, 0.25) is 0 Å². The summed E-state index contributed by atoms with van der Waals surface area (Å²) in [5.74, 6) is 0. The number of hydrogen-bond acceptors (Lipinski definition) is 2. The minimum Gasteiger partial charge on any atom is -0.310 e. The van der Waals surface area contributed by atoms with Gasteiger partial charge in [0.05, 0.1) is 33.6 Å². The molecule has 0 fully saturated rings. The molecule has 3 heterocycles. The fourth-order valence-electron chi connectivity index (χ4n) is 13.9. The molecule has 0 saturated carbocycles. The fourth-order valence-corrected chi connectivity index (χ4v) is 13.9. The van der Waals surface area contributed by atoms with Gasteiger partial charge >= 0.3 is 0 Å². The molecule has 17 rings (SSSR count). The first-order valence-corrected chi connectivity index (χ1v) is 29.4. The fraction of sp³-hybridized carbons (Fsp3) is 0. The number of nitrogens with zero attached hydrogens (tertiary/aromatic N) is 3. The van der Waals surface area contributed by atoms with E-state index in [1.165, 1.54) is 0 Å². The Morgan fingerprint density at radius 3 is 1.15 bits per heavy atom. The third kappa shape index (κ3) is 7.91. The van der Waals surface area contributed by atoms with Crippen molar-refractivity contribution in [1.82, 2.24) is 4.57 Å². The standard InChI is InChI=1S/C82H54BN3/c1-7-25-55(26-8-1)62-46-48-74-71(51-62)83-72-52-63(56-27-9-2-10-28-56)47-49-75(72)86(82-68(59-33-15-5-16-34-59)42-24-43-69(82)60-35-17-6-18-36-60)78-54-64(84-73-44-22-21-39-70(73)79-65-38-20-19-37-61(65)45-50-76(79)84)53-77(80(78)83)85(74)81-66(57-29-11-3-12-30-57)40-23-41-67(81)58-31-13-4-14-32-58/h1-54H/i21D,22D,39D,44D. The Kier molecular flexibility index (Phi) is 10.7. The highest BCUT2D eigenvalue weighted by Gasteiger charge is 2.46. The van der Waals surface area contributed by atoms with E-state index in [4.69, 9.17) is 0 Å². The first kappa shape index (κ1) is 45.3. The van der Waals surface area contributed by atoms with Crippen molar-refractivity contribution in [2.75, 3.05) is 9.80 Å². The van der Waals surface area contributed by atoms with E-state index >= 15 is 0 Å². The lowest BCUT2D eigenvalue weighted by Crippen LogP contribution is -2.61. The van der Waals surface area contributed by atoms with Gasteiger partial charge in [0, 0.05) is 55.8 Å². The number of aromatic nitrogens is 1. The zero-order valence-electron chi connectivity index (χ0n) is 50.8. The van der Waals surface area contributed by atoms with Gasteiger partial charge in [0.1, 0.15) is 0 Å². The van der Waals surface area contributed by atoms with Crippen LogP contribution < -0.4 is 26.2 Å². The van der Waals surface area contributed by atoms with Crippen molar-refractivity contribution in [2.45, 2.75) is 0 Å². The van der Waals surface area contributed by atoms with Crippen LogP contribution >= 0.6 is 0 Å². The molecule has 2 aliphatic rings. The van der Waals surface area contributed by atoms with Crippen LogP contribution in [0.4, 0.5) is 34.1 Å². The van der Waals surface area contributed by atoms with Crippen molar-refractivity contribution >= 4 is 89.8 Å². The molecule has 2 aliphatic heterocycles. The van der Waals surface area contributed by atoms with Crippen LogP contribution in [0.1, 0.15) is 5.48 Å². The summed E-state index contributed by atoms with van der Waals surface area (Å²) in [6.45, 7) is -0.346. The smallest absolute Gasteiger partial charge is 0.252 e. The number of para-hydroxylation sites is 3. The molecule has 0 aliphatic carbocycles. The van der Waals surface area contributed by atoms with Crippen LogP contribution in [0.25, 0.3) is 105 Å². The van der Waals surface area contributed by atoms with Crippen LogP contribution in [0.15, 0.2) is 327 Å². The Morgan fingerprint density at radius 2 is 0.698 bits per heavy atom. The average molecular weight is 1100 g/mol. The molecule has 0 atom stereocenters. The molecule has 3 nitrogen and oxygen atoms in total. The molecule has 14 aromatic carbocycles. The van der Waals surface area contributed by atoms with Gasteiger partial charge < -0.3 is 14.4 Å². The van der Waals surface area contributed by atoms with E-state index in [0.29, 0.717) is 10.9 Å². The quantitative estimate of drug-likeness (QED) is 0.133. The largest absolute Gasteiger partial charge is 0.310 e. The number of anilines is 6. The second-order valence-electron chi connectivity index (χ2n) is 22.4. The van der Waals surface area contributed by atoms with Crippen molar-refractivity contribution in [1.29, 1.82) is 0 Å². The monoisotopic (exact) mass is 1100 g/mol. The van der Waals surface area contributed by atoms with Crippen LogP contribution in [0.3, 0.4) is 0 Å². The van der Waals surface area contributed by atoms with Crippen LogP contribution in [0, 0.1) is 0 Å². The molecule has 86 heavy (non-hydrogen) atoms. The van der Waals surface area contributed by atoms with E-state index in [1.54, 1.807) is 0 Å². The van der Waals surface area contributed by atoms with Gasteiger partial charge in [0.15, 0.2) is 0 Å². The van der Waals surface area contributed by atoms with Crippen molar-refractivity contribution in [3.05, 3.63) is 327 Å². The van der Waals surface area contributed by atoms with E-state index in [0.717, 1.165) is 145 Å². The lowest BCUT2D eigenvalue weighted by atomic mass is 9.33. The number of hydrogen-bond donors (Lipinski definition) is 0. The van der Waals surface area contributed by atoms with Crippen LogP contribution in [-0.4, -0.2) is 11.3 Å². The van der Waals surface area contributed by atoms with Gasteiger partial charge in [-0.05, 0) is 108 Å². The minimum absolute atomic E-state index is 0.0754. The number of fused-ring (bicyclic) bond motifs is 9. The van der Waals surface area contributed by atoms with Gasteiger partial charge in [-0.1, -0.05) is 291 Å². The molecular weight excluding hydrogens is 1040 g/mol. The molecule has 4 heteroatoms. The Morgan fingerprint density at radius 1 is 0.291 bits per heavy atom. The van der Waals surface area contributed by atoms with Crippen molar-refractivity contribution < 1.29 is 5.48 Å². The van der Waals surface area contributed by atoms with Crippen molar-refractivity contribution in [3.8, 4) is 72.4 Å². The normalized spacial score (nSPS) is 13.0. The Balaban J connectivity index is 1.10. The van der Waals surface area contributed by atoms with E-state index in [2.05, 4.69) is 306 Å². The third-order valence-electron chi connectivity index (χ3n) is 17.7. The number of benzene rings is 14. The Labute approximate surface area is 506 Å². The van der Waals surface area contributed by atoms with E-state index < -0.39 is 0 Å². The van der Waals surface area contributed by atoms with Crippen molar-refractivity contribution in [3.63, 3.8) is 0 Å². The van der Waals surface area contributed by atoms with E-state index in [-0.39, 0.29) is 30.9 Å². The summed E-state index contributed by atoms with van der Waals surface area (Å²) in [6, 6.07) is 108. The van der Waals surface area contributed by atoms with E-state index in [9.17, 15) is 5.48 Å². The summed E-state index contributed by atoms with van der Waals surface area (Å²) in [7, 11) is 0. The predicted octanol–water partition coefficient (Wildman–Crippen LogP) is 20.0. The van der Waals surface area contributed by atoms with Crippen LogP contribution in [-0.2, 0) is 0 Å². The number of rotatable bonds is 9. The summed E-state index contributed by atoms with van der Waals surface area (Å²) in [5, 5.41) is 3.13. The maximum absolute atomic E-state index is 10.1. The molecule has 0 unspecified atom stereocenters. The van der Waals surface area contributed by atoms with Crippen LogP contribution in [0.2, 0.25) is 0 Å². The van der Waals surface area contributed by atoms with Gasteiger partial charge in [-0.3, -0.25) is 0 Å². The Hall–Kier alpha value is -11.2. The molecule has 400 valence electrons. The maximum Gasteiger partial charge on any atom is 0.252 e. The van der Waals surface area contributed by atoms with Gasteiger partial charge in [0.25, 0.3) is 6.71 Å². The van der Waals surface area contributed by atoms with Gasteiger partial charge in [-0.25, -0.2) is 0 Å². The van der Waals surface area contributed by atoms with Gasteiger partial charge in [-0.2, -0.15) is 0 Å². The summed E-state index contributed by atoms with van der Waals surface area (Å²) in [5.41, 5.74) is 24.1. The molecule has 0 spiro atoms. The molecule has 0 N–H and O–H groups in total. The zero-order valence-corrected chi connectivity index (χ0v) is 46.8. The first-order valence-electron chi connectivity index (χ1n) is 31.4. The van der Waals surface area contributed by atoms with Gasteiger partial charge in [-0.15, -0.1) is 0 Å². The molecule has 1 aromatic heterocycles. The highest BCUT2D eigenvalue weighted by atomic mass is 15.2.